The Morgan fingerprint density at radius 1 is 0.812 bits per heavy atom. The third-order valence-corrected chi connectivity index (χ3v) is 2.16. The van der Waals surface area contributed by atoms with Crippen LogP contribution in [0.4, 0.5) is 13.2 Å². The van der Waals surface area contributed by atoms with Crippen LogP contribution in [0.25, 0.3) is 11.1 Å². The molecular weight excluding hydrogens is 217 g/mol. The van der Waals surface area contributed by atoms with Crippen LogP contribution in [0.5, 0.6) is 5.75 Å². The van der Waals surface area contributed by atoms with Crippen LogP contribution in [0.3, 0.4) is 0 Å². The Morgan fingerprint density at radius 3 is 1.81 bits per heavy atom. The maximum atomic E-state index is 13.4. The minimum Gasteiger partial charge on any atom is -0.508 e. The summed E-state index contributed by atoms with van der Waals surface area (Å²) >= 11 is 0. The highest BCUT2D eigenvalue weighted by atomic mass is 19.1. The number of phenols is 1. The average molecular weight is 224 g/mol. The molecule has 0 fully saturated rings. The van der Waals surface area contributed by atoms with Crippen molar-refractivity contribution in [3.05, 3.63) is 53.8 Å². The summed E-state index contributed by atoms with van der Waals surface area (Å²) in [5.74, 6) is -2.74. The van der Waals surface area contributed by atoms with Crippen LogP contribution in [-0.2, 0) is 0 Å². The van der Waals surface area contributed by atoms with Crippen LogP contribution in [0, 0.1) is 17.5 Å². The molecule has 0 aliphatic carbocycles. The highest BCUT2D eigenvalue weighted by Gasteiger charge is 2.12. The largest absolute Gasteiger partial charge is 0.508 e. The van der Waals surface area contributed by atoms with E-state index in [0.717, 1.165) is 24.3 Å². The van der Waals surface area contributed by atoms with E-state index in [1.54, 1.807) is 0 Å². The Hall–Kier alpha value is -1.97. The molecule has 0 amide bonds. The molecule has 0 bridgehead atoms. The molecule has 1 N–H and O–H groups in total. The normalized spacial score (nSPS) is 10.4. The second-order valence-corrected chi connectivity index (χ2v) is 3.29. The van der Waals surface area contributed by atoms with Gasteiger partial charge in [-0.1, -0.05) is 12.1 Å². The lowest BCUT2D eigenvalue weighted by Crippen LogP contribution is -1.90. The molecule has 0 heterocycles. The molecular formula is C12H7F3O. The standard InChI is InChI=1S/C12H7F3O/c13-8-3-1-7(2-4-8)12-10(14)5-9(16)6-11(12)15/h1-6,16H. The maximum Gasteiger partial charge on any atom is 0.137 e. The molecule has 0 aliphatic heterocycles. The summed E-state index contributed by atoms with van der Waals surface area (Å²) in [5, 5.41) is 8.97. The molecule has 0 atom stereocenters. The number of benzene rings is 2. The van der Waals surface area contributed by atoms with E-state index in [1.807, 2.05) is 0 Å². The Balaban J connectivity index is 2.60. The third-order valence-electron chi connectivity index (χ3n) is 2.16. The second kappa shape index (κ2) is 3.89. The second-order valence-electron chi connectivity index (χ2n) is 3.29. The molecule has 2 rings (SSSR count). The van der Waals surface area contributed by atoms with Gasteiger partial charge in [-0.2, -0.15) is 0 Å². The van der Waals surface area contributed by atoms with Crippen molar-refractivity contribution in [3.63, 3.8) is 0 Å². The number of hydrogen-bond donors (Lipinski definition) is 1. The van der Waals surface area contributed by atoms with E-state index in [2.05, 4.69) is 0 Å². The zero-order valence-corrected chi connectivity index (χ0v) is 8.05. The Kier molecular flexibility index (Phi) is 2.56. The number of rotatable bonds is 1. The number of phenolic OH excluding ortho intramolecular Hbond substituents is 1. The van der Waals surface area contributed by atoms with E-state index >= 15 is 0 Å². The van der Waals surface area contributed by atoms with Gasteiger partial charge >= 0.3 is 0 Å². The lowest BCUT2D eigenvalue weighted by Gasteiger charge is -2.05. The van der Waals surface area contributed by atoms with Gasteiger partial charge in [-0.05, 0) is 17.7 Å². The Morgan fingerprint density at radius 2 is 1.31 bits per heavy atom. The lowest BCUT2D eigenvalue weighted by atomic mass is 10.0. The number of hydrogen-bond acceptors (Lipinski definition) is 1. The van der Waals surface area contributed by atoms with Crippen LogP contribution in [0.2, 0.25) is 0 Å². The molecule has 82 valence electrons. The first-order valence-electron chi connectivity index (χ1n) is 4.52. The molecule has 0 saturated carbocycles. The lowest BCUT2D eigenvalue weighted by molar-refractivity contribution is 0.461. The van der Waals surface area contributed by atoms with Crippen molar-refractivity contribution in [2.45, 2.75) is 0 Å². The predicted molar refractivity (Wildman–Crippen MR) is 53.4 cm³/mol. The van der Waals surface area contributed by atoms with Crippen molar-refractivity contribution in [2.24, 2.45) is 0 Å². The molecule has 2 aromatic rings. The summed E-state index contributed by atoms with van der Waals surface area (Å²) in [6.07, 6.45) is 0. The van der Waals surface area contributed by atoms with Gasteiger partial charge in [-0.3, -0.25) is 0 Å². The first kappa shape index (κ1) is 10.5. The van der Waals surface area contributed by atoms with Gasteiger partial charge in [-0.25, -0.2) is 13.2 Å². The predicted octanol–water partition coefficient (Wildman–Crippen LogP) is 3.48. The quantitative estimate of drug-likeness (QED) is 0.786. The van der Waals surface area contributed by atoms with Gasteiger partial charge in [0.2, 0.25) is 0 Å². The summed E-state index contributed by atoms with van der Waals surface area (Å²) in [6, 6.07) is 6.38. The molecule has 0 aromatic heterocycles. The van der Waals surface area contributed by atoms with Gasteiger partial charge in [0, 0.05) is 12.1 Å². The molecule has 4 heteroatoms. The first-order valence-corrected chi connectivity index (χ1v) is 4.52. The Labute approximate surface area is 89.8 Å². The Bertz CT molecular complexity index is 497. The van der Waals surface area contributed by atoms with Gasteiger partial charge in [0.15, 0.2) is 0 Å². The van der Waals surface area contributed by atoms with Crippen molar-refractivity contribution < 1.29 is 18.3 Å². The van der Waals surface area contributed by atoms with E-state index in [-0.39, 0.29) is 11.1 Å². The summed E-state index contributed by atoms with van der Waals surface area (Å²) in [7, 11) is 0. The molecule has 0 unspecified atom stereocenters. The monoisotopic (exact) mass is 224 g/mol. The van der Waals surface area contributed by atoms with Crippen LogP contribution in [0.15, 0.2) is 36.4 Å². The minimum atomic E-state index is -0.885. The fraction of sp³-hybridized carbons (Fsp3) is 0. The fourth-order valence-corrected chi connectivity index (χ4v) is 1.45. The summed E-state index contributed by atoms with van der Waals surface area (Å²) < 4.78 is 39.4. The van der Waals surface area contributed by atoms with Crippen molar-refractivity contribution in [1.29, 1.82) is 0 Å². The van der Waals surface area contributed by atoms with Crippen molar-refractivity contribution in [2.75, 3.05) is 0 Å². The highest BCUT2D eigenvalue weighted by molar-refractivity contribution is 5.65. The van der Waals surface area contributed by atoms with Crippen molar-refractivity contribution >= 4 is 0 Å². The molecule has 2 aromatic carbocycles. The highest BCUT2D eigenvalue weighted by Crippen LogP contribution is 2.29. The first-order chi connectivity index (χ1) is 7.58. The SMILES string of the molecule is Oc1cc(F)c(-c2ccc(F)cc2)c(F)c1. The third kappa shape index (κ3) is 1.86. The van der Waals surface area contributed by atoms with E-state index in [0.29, 0.717) is 0 Å². The van der Waals surface area contributed by atoms with Gasteiger partial charge in [0.05, 0.1) is 5.56 Å². The summed E-state index contributed by atoms with van der Waals surface area (Å²) in [4.78, 5) is 0. The van der Waals surface area contributed by atoms with Crippen LogP contribution < -0.4 is 0 Å². The van der Waals surface area contributed by atoms with Crippen LogP contribution in [0.1, 0.15) is 0 Å². The molecule has 1 nitrogen and oxygen atoms in total. The van der Waals surface area contributed by atoms with E-state index < -0.39 is 23.2 Å². The maximum absolute atomic E-state index is 13.4. The van der Waals surface area contributed by atoms with E-state index in [9.17, 15) is 13.2 Å². The fourth-order valence-electron chi connectivity index (χ4n) is 1.45. The van der Waals surface area contributed by atoms with Crippen LogP contribution >= 0.6 is 0 Å². The molecule has 0 spiro atoms. The topological polar surface area (TPSA) is 20.2 Å². The van der Waals surface area contributed by atoms with Gasteiger partial charge in [0.25, 0.3) is 0 Å². The molecule has 0 radical (unpaired) electrons. The van der Waals surface area contributed by atoms with Gasteiger partial charge in [0.1, 0.15) is 23.2 Å². The zero-order valence-electron chi connectivity index (χ0n) is 8.05. The van der Waals surface area contributed by atoms with Gasteiger partial charge in [-0.15, -0.1) is 0 Å². The summed E-state index contributed by atoms with van der Waals surface area (Å²) in [6.45, 7) is 0. The van der Waals surface area contributed by atoms with Gasteiger partial charge < -0.3 is 5.11 Å². The summed E-state index contributed by atoms with van der Waals surface area (Å²) in [5.41, 5.74) is -0.0609. The molecule has 0 saturated heterocycles. The van der Waals surface area contributed by atoms with E-state index in [4.69, 9.17) is 5.11 Å². The zero-order chi connectivity index (χ0) is 11.7. The van der Waals surface area contributed by atoms with Crippen molar-refractivity contribution in [3.8, 4) is 16.9 Å². The van der Waals surface area contributed by atoms with Crippen LogP contribution in [-0.4, -0.2) is 5.11 Å². The number of halogens is 3. The minimum absolute atomic E-state index is 0.219. The average Bonchev–Trinajstić information content (AvgIpc) is 2.19. The molecule has 16 heavy (non-hydrogen) atoms. The van der Waals surface area contributed by atoms with Crippen molar-refractivity contribution in [1.82, 2.24) is 0 Å². The molecule has 0 aliphatic rings. The number of aromatic hydroxyl groups is 1. The smallest absolute Gasteiger partial charge is 0.137 e. The van der Waals surface area contributed by atoms with E-state index in [1.165, 1.54) is 12.1 Å².